The summed E-state index contributed by atoms with van der Waals surface area (Å²) in [6, 6.07) is 3.81. The lowest BCUT2D eigenvalue weighted by molar-refractivity contribution is -0.568. The van der Waals surface area contributed by atoms with E-state index in [2.05, 4.69) is 0 Å². The molecule has 0 unspecified atom stereocenters. The van der Waals surface area contributed by atoms with Gasteiger partial charge in [0.25, 0.3) is 0 Å². The fourth-order valence-electron chi connectivity index (χ4n) is 0.858. The minimum Gasteiger partial charge on any atom is -1.00 e. The molecule has 1 aromatic rings. The van der Waals surface area contributed by atoms with Gasteiger partial charge in [0.2, 0.25) is 0 Å². The monoisotopic (exact) mass is 243 g/mol. The Balaban J connectivity index is 0.00000144. The predicted molar refractivity (Wildman–Crippen MR) is 44.3 cm³/mol. The normalized spacial score (nSPS) is 9.62. The van der Waals surface area contributed by atoms with E-state index in [0.29, 0.717) is 0 Å². The quantitative estimate of drug-likeness (QED) is 0.475. The summed E-state index contributed by atoms with van der Waals surface area (Å²) >= 11 is 0. The lowest BCUT2D eigenvalue weighted by Gasteiger charge is -1.87. The van der Waals surface area contributed by atoms with Gasteiger partial charge in [-0.2, -0.15) is 4.57 Å². The molecule has 1 rings (SSSR count). The molecule has 4 heteroatoms. The van der Waals surface area contributed by atoms with Crippen molar-refractivity contribution in [1.82, 2.24) is 0 Å². The van der Waals surface area contributed by atoms with E-state index < -0.39 is 5.97 Å². The first-order valence-corrected chi connectivity index (χ1v) is 3.57. The SMILES string of the molecule is Cc1ccc[n+](C=CC(=O)O)c1.[Br-]. The van der Waals surface area contributed by atoms with Crippen molar-refractivity contribution < 1.29 is 31.4 Å². The Hall–Kier alpha value is -1.16. The summed E-state index contributed by atoms with van der Waals surface area (Å²) in [5, 5.41) is 8.34. The number of aromatic nitrogens is 1. The molecule has 0 aliphatic heterocycles. The Morgan fingerprint density at radius 2 is 2.31 bits per heavy atom. The number of halogens is 1. The summed E-state index contributed by atoms with van der Waals surface area (Å²) in [7, 11) is 0. The number of carbonyl (C=O) groups is 1. The minimum absolute atomic E-state index is 0. The van der Waals surface area contributed by atoms with Crippen LogP contribution in [0, 0.1) is 6.92 Å². The van der Waals surface area contributed by atoms with Gasteiger partial charge in [-0.15, -0.1) is 0 Å². The minimum atomic E-state index is -0.941. The van der Waals surface area contributed by atoms with E-state index in [1.54, 1.807) is 10.8 Å². The van der Waals surface area contributed by atoms with Crippen molar-refractivity contribution >= 4 is 12.2 Å². The van der Waals surface area contributed by atoms with Crippen molar-refractivity contribution in [2.24, 2.45) is 0 Å². The zero-order valence-corrected chi connectivity index (χ0v) is 8.73. The number of pyridine rings is 1. The molecule has 1 N–H and O–H groups in total. The second-order valence-corrected chi connectivity index (χ2v) is 2.48. The molecule has 0 aliphatic carbocycles. The van der Waals surface area contributed by atoms with Crippen molar-refractivity contribution in [3.8, 4) is 0 Å². The first-order chi connectivity index (χ1) is 5.68. The van der Waals surface area contributed by atoms with Crippen LogP contribution in [0.4, 0.5) is 0 Å². The third kappa shape index (κ3) is 4.42. The van der Waals surface area contributed by atoms with Crippen LogP contribution in [0.3, 0.4) is 0 Å². The lowest BCUT2D eigenvalue weighted by Crippen LogP contribution is -3.00. The molecule has 0 saturated carbocycles. The maximum atomic E-state index is 10.2. The van der Waals surface area contributed by atoms with Crippen LogP contribution in [-0.2, 0) is 4.79 Å². The highest BCUT2D eigenvalue weighted by atomic mass is 79.9. The standard InChI is InChI=1S/C9H9NO2.BrH/c1-8-3-2-5-10(7-8)6-4-9(11)12;/h2-7H,1H3;1H. The van der Waals surface area contributed by atoms with Gasteiger partial charge in [-0.25, -0.2) is 4.79 Å². The molecule has 0 radical (unpaired) electrons. The Labute approximate surface area is 87.1 Å². The average Bonchev–Trinajstić information content (AvgIpc) is 2.01. The molecule has 0 amide bonds. The topological polar surface area (TPSA) is 41.2 Å². The van der Waals surface area contributed by atoms with Gasteiger partial charge in [0.15, 0.2) is 18.6 Å². The van der Waals surface area contributed by atoms with Crippen molar-refractivity contribution in [3.63, 3.8) is 0 Å². The van der Waals surface area contributed by atoms with Crippen LogP contribution < -0.4 is 21.5 Å². The molecule has 1 heterocycles. The van der Waals surface area contributed by atoms with E-state index in [-0.39, 0.29) is 17.0 Å². The molecule has 0 atom stereocenters. The zero-order valence-electron chi connectivity index (χ0n) is 7.14. The van der Waals surface area contributed by atoms with E-state index >= 15 is 0 Å². The van der Waals surface area contributed by atoms with Crippen LogP contribution in [0.15, 0.2) is 30.6 Å². The number of rotatable bonds is 2. The highest BCUT2D eigenvalue weighted by Crippen LogP contribution is 1.89. The molecular weight excluding hydrogens is 234 g/mol. The van der Waals surface area contributed by atoms with Gasteiger partial charge in [0.1, 0.15) is 0 Å². The number of aliphatic carboxylic acids is 1. The van der Waals surface area contributed by atoms with Crippen LogP contribution in [0.5, 0.6) is 0 Å². The second-order valence-electron chi connectivity index (χ2n) is 2.48. The van der Waals surface area contributed by atoms with E-state index in [1.807, 2.05) is 25.3 Å². The summed E-state index contributed by atoms with van der Waals surface area (Å²) in [5.41, 5.74) is 1.09. The van der Waals surface area contributed by atoms with Gasteiger partial charge >= 0.3 is 5.97 Å². The zero-order chi connectivity index (χ0) is 8.97. The van der Waals surface area contributed by atoms with E-state index in [0.717, 1.165) is 11.6 Å². The molecular formula is C9H10BrNO2. The molecule has 0 spiro atoms. The van der Waals surface area contributed by atoms with Crippen LogP contribution >= 0.6 is 0 Å². The molecule has 3 nitrogen and oxygen atoms in total. The summed E-state index contributed by atoms with van der Waals surface area (Å²) in [5.74, 6) is -0.941. The first-order valence-electron chi connectivity index (χ1n) is 3.57. The van der Waals surface area contributed by atoms with Gasteiger partial charge in [-0.3, -0.25) is 0 Å². The predicted octanol–water partition coefficient (Wildman–Crippen LogP) is -2.16. The number of carboxylic acids is 1. The maximum absolute atomic E-state index is 10.2. The molecule has 13 heavy (non-hydrogen) atoms. The van der Waals surface area contributed by atoms with Crippen LogP contribution in [0.25, 0.3) is 6.20 Å². The fraction of sp³-hybridized carbons (Fsp3) is 0.111. The lowest BCUT2D eigenvalue weighted by atomic mass is 10.3. The second kappa shape index (κ2) is 5.48. The van der Waals surface area contributed by atoms with Crippen LogP contribution in [-0.4, -0.2) is 11.1 Å². The molecule has 0 saturated heterocycles. The summed E-state index contributed by atoms with van der Waals surface area (Å²) in [6.07, 6.45) is 6.22. The van der Waals surface area contributed by atoms with Gasteiger partial charge in [-0.05, 0) is 13.0 Å². The molecule has 0 aromatic carbocycles. The molecule has 70 valence electrons. The smallest absolute Gasteiger partial charge is 0.334 e. The van der Waals surface area contributed by atoms with Gasteiger partial charge in [0, 0.05) is 11.6 Å². The number of aryl methyl sites for hydroxylation is 1. The van der Waals surface area contributed by atoms with Crippen LogP contribution in [0.1, 0.15) is 5.56 Å². The molecule has 1 aromatic heterocycles. The van der Waals surface area contributed by atoms with Gasteiger partial charge < -0.3 is 22.1 Å². The molecule has 0 bridgehead atoms. The number of carboxylic acid groups (broad SMARTS) is 1. The van der Waals surface area contributed by atoms with Crippen molar-refractivity contribution in [2.75, 3.05) is 0 Å². The highest BCUT2D eigenvalue weighted by Gasteiger charge is 1.95. The third-order valence-electron chi connectivity index (χ3n) is 1.36. The van der Waals surface area contributed by atoms with Crippen molar-refractivity contribution in [3.05, 3.63) is 36.2 Å². The fourth-order valence-corrected chi connectivity index (χ4v) is 0.858. The van der Waals surface area contributed by atoms with Gasteiger partial charge in [0.05, 0.1) is 6.08 Å². The highest BCUT2D eigenvalue weighted by molar-refractivity contribution is 5.82. The largest absolute Gasteiger partial charge is 1.00 e. The summed E-state index contributed by atoms with van der Waals surface area (Å²) in [6.45, 7) is 1.95. The van der Waals surface area contributed by atoms with Gasteiger partial charge in [-0.1, -0.05) is 0 Å². The number of hydrogen-bond donors (Lipinski definition) is 1. The first kappa shape index (κ1) is 11.8. The maximum Gasteiger partial charge on any atom is 0.334 e. The molecule has 0 fully saturated rings. The third-order valence-corrected chi connectivity index (χ3v) is 1.36. The average molecular weight is 244 g/mol. The Morgan fingerprint density at radius 3 is 2.85 bits per heavy atom. The van der Waals surface area contributed by atoms with E-state index in [9.17, 15) is 4.79 Å². The Morgan fingerprint density at radius 1 is 1.62 bits per heavy atom. The van der Waals surface area contributed by atoms with E-state index in [1.165, 1.54) is 6.20 Å². The number of hydrogen-bond acceptors (Lipinski definition) is 1. The van der Waals surface area contributed by atoms with Crippen molar-refractivity contribution in [1.29, 1.82) is 0 Å². The number of nitrogens with zero attached hydrogens (tertiary/aromatic N) is 1. The van der Waals surface area contributed by atoms with Crippen LogP contribution in [0.2, 0.25) is 0 Å². The van der Waals surface area contributed by atoms with E-state index in [4.69, 9.17) is 5.11 Å². The summed E-state index contributed by atoms with van der Waals surface area (Å²) < 4.78 is 1.70. The molecule has 0 aliphatic rings. The Kier molecular flexibility index (Phi) is 4.99. The van der Waals surface area contributed by atoms with Crippen molar-refractivity contribution in [2.45, 2.75) is 6.92 Å². The summed E-state index contributed by atoms with van der Waals surface area (Å²) in [4.78, 5) is 10.2. The Bertz CT molecular complexity index is 323.